The first-order valence-corrected chi connectivity index (χ1v) is 10.2. The van der Waals surface area contributed by atoms with Crippen LogP contribution in [-0.2, 0) is 0 Å². The molecule has 0 radical (unpaired) electrons. The first-order valence-electron chi connectivity index (χ1n) is 10.2. The molecule has 1 N–H and O–H groups in total. The van der Waals surface area contributed by atoms with Crippen LogP contribution in [0.15, 0.2) is 46.5 Å². The number of nitrogens with zero attached hydrogens (tertiary/aromatic N) is 3. The molecule has 0 spiro atoms. The summed E-state index contributed by atoms with van der Waals surface area (Å²) >= 11 is 0. The lowest BCUT2D eigenvalue weighted by molar-refractivity contribution is 0.627. The summed E-state index contributed by atoms with van der Waals surface area (Å²) in [7, 11) is 0. The van der Waals surface area contributed by atoms with Gasteiger partial charge in [-0.2, -0.15) is 0 Å². The second-order valence-corrected chi connectivity index (χ2v) is 6.52. The van der Waals surface area contributed by atoms with Crippen molar-refractivity contribution in [1.82, 2.24) is 5.32 Å². The van der Waals surface area contributed by atoms with Gasteiger partial charge in [-0.3, -0.25) is 4.99 Å². The molecule has 0 aliphatic rings. The van der Waals surface area contributed by atoms with Crippen molar-refractivity contribution in [3.63, 3.8) is 0 Å². The van der Waals surface area contributed by atoms with E-state index < -0.39 is 0 Å². The Morgan fingerprint density at radius 3 is 2.41 bits per heavy atom. The molecule has 1 aromatic carbocycles. The Morgan fingerprint density at radius 2 is 1.78 bits per heavy atom. The Kier molecular flexibility index (Phi) is 11.8. The van der Waals surface area contributed by atoms with Crippen molar-refractivity contribution in [2.75, 3.05) is 24.5 Å². The monoisotopic (exact) mass is 374 g/mol. The van der Waals surface area contributed by atoms with Crippen LogP contribution in [0.25, 0.3) is 0 Å². The third kappa shape index (κ3) is 9.36. The van der Waals surface area contributed by atoms with Crippen LogP contribution in [0.5, 0.6) is 0 Å². The summed E-state index contributed by atoms with van der Waals surface area (Å²) in [6.07, 6.45) is 8.70. The topological polar surface area (TPSA) is 40.0 Å². The lowest BCUT2D eigenvalue weighted by Gasteiger charge is -2.23. The van der Waals surface area contributed by atoms with Crippen molar-refractivity contribution in [3.05, 3.63) is 42.4 Å². The van der Waals surface area contributed by atoms with E-state index in [1.165, 1.54) is 31.4 Å². The minimum Gasteiger partial charge on any atom is -0.355 e. The minimum absolute atomic E-state index is 0.244. The predicted molar refractivity (Wildman–Crippen MR) is 116 cm³/mol. The first-order chi connectivity index (χ1) is 13.1. The second kappa shape index (κ2) is 14.0. The van der Waals surface area contributed by atoms with Crippen molar-refractivity contribution in [2.24, 2.45) is 9.98 Å². The molecule has 0 fully saturated rings. The number of allylic oxidation sites excluding steroid dienone is 1. The largest absolute Gasteiger partial charge is 0.355 e. The number of anilines is 1. The Hall–Kier alpha value is -2.17. The van der Waals surface area contributed by atoms with Gasteiger partial charge in [0.05, 0.1) is 11.9 Å². The maximum atomic E-state index is 13.2. The van der Waals surface area contributed by atoms with Crippen LogP contribution in [0.2, 0.25) is 0 Å². The molecule has 0 amide bonds. The number of rotatable bonds is 12. The average Bonchev–Trinajstić information content (AvgIpc) is 2.67. The molecule has 0 aliphatic carbocycles. The number of hydrogen-bond donors (Lipinski definition) is 1. The first kappa shape index (κ1) is 22.9. The SMILES string of the molecule is C=C(C=NC(=NCCCCCC)NCCCC)N(CC)c1ccc(F)cc1. The minimum atomic E-state index is -0.244. The van der Waals surface area contributed by atoms with Gasteiger partial charge in [0.15, 0.2) is 0 Å². The van der Waals surface area contributed by atoms with E-state index in [0.717, 1.165) is 50.3 Å². The van der Waals surface area contributed by atoms with E-state index in [1.807, 2.05) is 11.8 Å². The molecule has 1 rings (SSSR count). The fraction of sp³-hybridized carbons (Fsp3) is 0.545. The summed E-state index contributed by atoms with van der Waals surface area (Å²) in [5.41, 5.74) is 1.65. The summed E-state index contributed by atoms with van der Waals surface area (Å²) in [4.78, 5) is 11.1. The van der Waals surface area contributed by atoms with Gasteiger partial charge in [0.2, 0.25) is 5.96 Å². The standard InChI is InChI=1S/C22H35FN4/c1-5-8-10-11-17-25-22(24-16-9-6-2)26-18-19(4)27(7-3)21-14-12-20(23)13-15-21/h12-15,18H,4-11,16-17H2,1-3H3,(H,24,25). The number of aliphatic imine (C=N–C) groups is 2. The molecule has 5 heteroatoms. The maximum absolute atomic E-state index is 13.2. The van der Waals surface area contributed by atoms with Crippen LogP contribution in [0.1, 0.15) is 59.3 Å². The van der Waals surface area contributed by atoms with E-state index in [9.17, 15) is 4.39 Å². The number of guanidine groups is 1. The summed E-state index contributed by atoms with van der Waals surface area (Å²) < 4.78 is 13.2. The average molecular weight is 375 g/mol. The number of nitrogens with one attached hydrogen (secondary N) is 1. The van der Waals surface area contributed by atoms with Gasteiger partial charge in [-0.15, -0.1) is 0 Å². The van der Waals surface area contributed by atoms with Crippen LogP contribution < -0.4 is 10.2 Å². The molecule has 0 heterocycles. The van der Waals surface area contributed by atoms with Gasteiger partial charge in [-0.1, -0.05) is 46.1 Å². The van der Waals surface area contributed by atoms with Gasteiger partial charge in [0, 0.05) is 25.3 Å². The number of hydrogen-bond acceptors (Lipinski definition) is 2. The van der Waals surface area contributed by atoms with E-state index in [4.69, 9.17) is 0 Å². The van der Waals surface area contributed by atoms with Gasteiger partial charge in [0.25, 0.3) is 0 Å². The Balaban J connectivity index is 2.74. The zero-order valence-corrected chi connectivity index (χ0v) is 17.2. The molecule has 1 aromatic rings. The van der Waals surface area contributed by atoms with Crippen molar-refractivity contribution in [2.45, 2.75) is 59.3 Å². The quantitative estimate of drug-likeness (QED) is 0.295. The summed E-state index contributed by atoms with van der Waals surface area (Å²) in [6, 6.07) is 6.41. The lowest BCUT2D eigenvalue weighted by atomic mass is 10.2. The van der Waals surface area contributed by atoms with E-state index in [1.54, 1.807) is 18.3 Å². The maximum Gasteiger partial charge on any atom is 0.218 e. The molecule has 0 saturated heterocycles. The zero-order valence-electron chi connectivity index (χ0n) is 17.2. The van der Waals surface area contributed by atoms with Gasteiger partial charge in [0.1, 0.15) is 5.82 Å². The smallest absolute Gasteiger partial charge is 0.218 e. The van der Waals surface area contributed by atoms with Gasteiger partial charge in [-0.05, 0) is 44.0 Å². The molecule has 0 aromatic heterocycles. The Labute approximate surface area is 164 Å². The molecule has 0 aliphatic heterocycles. The summed E-state index contributed by atoms with van der Waals surface area (Å²) in [6.45, 7) is 12.9. The van der Waals surface area contributed by atoms with E-state index in [-0.39, 0.29) is 5.82 Å². The lowest BCUT2D eigenvalue weighted by Crippen LogP contribution is -2.25. The number of unbranched alkanes of at least 4 members (excludes halogenated alkanes) is 4. The molecule has 27 heavy (non-hydrogen) atoms. The summed E-state index contributed by atoms with van der Waals surface area (Å²) in [5.74, 6) is 0.419. The van der Waals surface area contributed by atoms with Gasteiger partial charge >= 0.3 is 0 Å². The molecular formula is C22H35FN4. The molecule has 0 bridgehead atoms. The Morgan fingerprint density at radius 1 is 1.07 bits per heavy atom. The van der Waals surface area contributed by atoms with Crippen LogP contribution in [0.3, 0.4) is 0 Å². The van der Waals surface area contributed by atoms with E-state index in [0.29, 0.717) is 5.96 Å². The highest BCUT2D eigenvalue weighted by atomic mass is 19.1. The van der Waals surface area contributed by atoms with Crippen LogP contribution in [0.4, 0.5) is 10.1 Å². The van der Waals surface area contributed by atoms with Gasteiger partial charge in [-0.25, -0.2) is 9.38 Å². The molecule has 0 unspecified atom stereocenters. The fourth-order valence-electron chi connectivity index (χ4n) is 2.62. The van der Waals surface area contributed by atoms with Crippen molar-refractivity contribution < 1.29 is 4.39 Å². The highest BCUT2D eigenvalue weighted by molar-refractivity contribution is 5.94. The highest BCUT2D eigenvalue weighted by Crippen LogP contribution is 2.17. The van der Waals surface area contributed by atoms with Gasteiger partial charge < -0.3 is 10.2 Å². The van der Waals surface area contributed by atoms with Crippen LogP contribution in [0, 0.1) is 5.82 Å². The van der Waals surface area contributed by atoms with Crippen LogP contribution in [-0.4, -0.2) is 31.8 Å². The highest BCUT2D eigenvalue weighted by Gasteiger charge is 2.07. The Bertz CT molecular complexity index is 593. The van der Waals surface area contributed by atoms with E-state index in [2.05, 4.69) is 35.7 Å². The zero-order chi connectivity index (χ0) is 19.9. The molecule has 0 saturated carbocycles. The second-order valence-electron chi connectivity index (χ2n) is 6.52. The predicted octanol–water partition coefficient (Wildman–Crippen LogP) is 5.56. The van der Waals surface area contributed by atoms with Crippen molar-refractivity contribution >= 4 is 17.9 Å². The fourth-order valence-corrected chi connectivity index (χ4v) is 2.62. The third-order valence-corrected chi connectivity index (χ3v) is 4.22. The molecule has 0 atom stereocenters. The molecule has 4 nitrogen and oxygen atoms in total. The van der Waals surface area contributed by atoms with Crippen molar-refractivity contribution in [1.29, 1.82) is 0 Å². The van der Waals surface area contributed by atoms with Crippen molar-refractivity contribution in [3.8, 4) is 0 Å². The normalized spacial score (nSPS) is 11.8. The van der Waals surface area contributed by atoms with Crippen LogP contribution >= 0.6 is 0 Å². The molecular weight excluding hydrogens is 339 g/mol. The summed E-state index contributed by atoms with van der Waals surface area (Å²) in [5, 5.41) is 3.31. The van der Waals surface area contributed by atoms with E-state index >= 15 is 0 Å². The molecule has 150 valence electrons. The third-order valence-electron chi connectivity index (χ3n) is 4.22. The number of halogens is 1. The number of benzene rings is 1.